The number of rotatable bonds is 3. The third-order valence-corrected chi connectivity index (χ3v) is 5.62. The van der Waals surface area contributed by atoms with E-state index in [0.717, 1.165) is 21.8 Å². The molecule has 0 radical (unpaired) electrons. The number of likely N-dealkylation sites (N-methyl/N-ethyl adjacent to an activating group) is 1. The summed E-state index contributed by atoms with van der Waals surface area (Å²) in [6.45, 7) is 5.44. The summed E-state index contributed by atoms with van der Waals surface area (Å²) < 4.78 is 4.73. The van der Waals surface area contributed by atoms with E-state index in [1.807, 2.05) is 49.2 Å². The van der Waals surface area contributed by atoms with Crippen molar-refractivity contribution in [3.63, 3.8) is 0 Å². The molecule has 1 aromatic carbocycles. The third-order valence-electron chi connectivity index (χ3n) is 5.62. The molecule has 3 unspecified atom stereocenters. The van der Waals surface area contributed by atoms with E-state index < -0.39 is 36.2 Å². The highest BCUT2D eigenvalue weighted by Crippen LogP contribution is 2.37. The largest absolute Gasteiger partial charge is 0.467 e. The molecule has 29 heavy (non-hydrogen) atoms. The van der Waals surface area contributed by atoms with Crippen LogP contribution in [0.15, 0.2) is 41.2 Å². The lowest BCUT2D eigenvalue weighted by Gasteiger charge is -2.41. The minimum absolute atomic E-state index is 0.467. The van der Waals surface area contributed by atoms with Gasteiger partial charge in [-0.05, 0) is 32.4 Å². The highest BCUT2D eigenvalue weighted by molar-refractivity contribution is 6.11. The van der Waals surface area contributed by atoms with Crippen LogP contribution in [0.2, 0.25) is 0 Å². The van der Waals surface area contributed by atoms with Gasteiger partial charge in [0.25, 0.3) is 5.91 Å². The van der Waals surface area contributed by atoms with E-state index >= 15 is 0 Å². The highest BCUT2D eigenvalue weighted by Gasteiger charge is 2.56. The standard InChI is InChI=1S/C20H23N5O4/c1-11-8-6-7-9-14(11)24-12(2)10-23-15-16(21-19(23)24)22(4)20(28)25(17(15)26)13(3)18(27)29-5/h6-10,13,15-16H,1-5H3. The number of hydrogen-bond donors (Lipinski definition) is 0. The number of methoxy groups -OCH3 is 1. The van der Waals surface area contributed by atoms with Gasteiger partial charge in [-0.2, -0.15) is 0 Å². The molecule has 0 N–H and O–H groups in total. The molecular weight excluding hydrogens is 374 g/mol. The monoisotopic (exact) mass is 397 g/mol. The van der Waals surface area contributed by atoms with Crippen LogP contribution in [0.25, 0.3) is 0 Å². The molecule has 9 heteroatoms. The molecule has 0 bridgehead atoms. The fourth-order valence-electron chi connectivity index (χ4n) is 4.06. The van der Waals surface area contributed by atoms with Crippen LogP contribution in [-0.2, 0) is 14.3 Å². The zero-order chi connectivity index (χ0) is 21.0. The van der Waals surface area contributed by atoms with E-state index in [4.69, 9.17) is 9.73 Å². The first-order valence-corrected chi connectivity index (χ1v) is 9.36. The molecule has 4 rings (SSSR count). The molecule has 3 atom stereocenters. The zero-order valence-corrected chi connectivity index (χ0v) is 17.0. The minimum atomic E-state index is -1.02. The Labute approximate surface area is 168 Å². The molecule has 1 saturated heterocycles. The smallest absolute Gasteiger partial charge is 0.329 e. The van der Waals surface area contributed by atoms with Gasteiger partial charge in [-0.1, -0.05) is 18.2 Å². The Hall–Kier alpha value is -3.36. The predicted octanol–water partition coefficient (Wildman–Crippen LogP) is 1.50. The van der Waals surface area contributed by atoms with Gasteiger partial charge in [0.05, 0.1) is 12.8 Å². The quantitative estimate of drug-likeness (QED) is 0.719. The van der Waals surface area contributed by atoms with Crippen molar-refractivity contribution in [2.45, 2.75) is 39.0 Å². The van der Waals surface area contributed by atoms with Crippen molar-refractivity contribution in [2.75, 3.05) is 19.1 Å². The van der Waals surface area contributed by atoms with E-state index in [2.05, 4.69) is 0 Å². The SMILES string of the molecule is COC(=O)C(C)N1C(=O)C2C(N=C3N(c4ccccc4C)C(C)=CN32)N(C)C1=O. The lowest BCUT2D eigenvalue weighted by Crippen LogP contribution is -2.67. The average Bonchev–Trinajstić information content (AvgIpc) is 3.21. The van der Waals surface area contributed by atoms with E-state index in [0.29, 0.717) is 5.96 Å². The Kier molecular flexibility index (Phi) is 4.33. The van der Waals surface area contributed by atoms with Gasteiger partial charge in [0.2, 0.25) is 5.96 Å². The van der Waals surface area contributed by atoms with Gasteiger partial charge in [-0.15, -0.1) is 0 Å². The summed E-state index contributed by atoms with van der Waals surface area (Å²) in [4.78, 5) is 49.0. The Morgan fingerprint density at radius 3 is 2.55 bits per heavy atom. The van der Waals surface area contributed by atoms with E-state index in [9.17, 15) is 14.4 Å². The van der Waals surface area contributed by atoms with Crippen LogP contribution in [0.5, 0.6) is 0 Å². The summed E-state index contributed by atoms with van der Waals surface area (Å²) in [5.74, 6) is -0.523. The van der Waals surface area contributed by atoms with E-state index in [1.165, 1.54) is 18.9 Å². The number of fused-ring (bicyclic) bond motifs is 3. The van der Waals surface area contributed by atoms with Crippen LogP contribution >= 0.6 is 0 Å². The molecule has 0 aliphatic carbocycles. The number of anilines is 1. The topological polar surface area (TPSA) is 85.8 Å². The van der Waals surface area contributed by atoms with Crippen molar-refractivity contribution in [3.05, 3.63) is 41.7 Å². The Morgan fingerprint density at radius 1 is 1.21 bits per heavy atom. The average molecular weight is 397 g/mol. The second-order valence-corrected chi connectivity index (χ2v) is 7.39. The van der Waals surface area contributed by atoms with E-state index in [1.54, 1.807) is 11.9 Å². The maximum Gasteiger partial charge on any atom is 0.329 e. The molecule has 0 saturated carbocycles. The number of nitrogens with zero attached hydrogens (tertiary/aromatic N) is 5. The van der Waals surface area contributed by atoms with Crippen molar-refractivity contribution >= 4 is 29.6 Å². The predicted molar refractivity (Wildman–Crippen MR) is 106 cm³/mol. The molecule has 3 aliphatic rings. The van der Waals surface area contributed by atoms with Crippen molar-refractivity contribution < 1.29 is 19.1 Å². The fourth-order valence-corrected chi connectivity index (χ4v) is 4.06. The number of hydrogen-bond acceptors (Lipinski definition) is 7. The van der Waals surface area contributed by atoms with Crippen LogP contribution in [0.1, 0.15) is 19.4 Å². The number of ether oxygens (including phenoxy) is 1. The fraction of sp³-hybridized carbons (Fsp3) is 0.400. The molecule has 0 aromatic heterocycles. The summed E-state index contributed by atoms with van der Waals surface area (Å²) in [6.07, 6.45) is 1.19. The Morgan fingerprint density at radius 2 is 1.90 bits per heavy atom. The minimum Gasteiger partial charge on any atom is -0.467 e. The van der Waals surface area contributed by atoms with Gasteiger partial charge in [0, 0.05) is 18.9 Å². The first-order chi connectivity index (χ1) is 13.8. The number of carbonyl (C=O) groups is 3. The number of guanidine groups is 1. The number of aryl methyl sites for hydroxylation is 1. The van der Waals surface area contributed by atoms with E-state index in [-0.39, 0.29) is 0 Å². The molecular formula is C20H23N5O4. The zero-order valence-electron chi connectivity index (χ0n) is 17.0. The number of allylic oxidation sites excluding steroid dienone is 1. The van der Waals surface area contributed by atoms with Gasteiger partial charge in [-0.25, -0.2) is 19.5 Å². The number of aliphatic imine (C=N–C) groups is 1. The van der Waals surface area contributed by atoms with Crippen LogP contribution in [-0.4, -0.2) is 71.0 Å². The highest BCUT2D eigenvalue weighted by atomic mass is 16.5. The molecule has 1 aromatic rings. The summed E-state index contributed by atoms with van der Waals surface area (Å²) in [5.41, 5.74) is 2.94. The van der Waals surface area contributed by atoms with Crippen molar-refractivity contribution in [1.82, 2.24) is 14.7 Å². The van der Waals surface area contributed by atoms with Gasteiger partial charge >= 0.3 is 12.0 Å². The lowest BCUT2D eigenvalue weighted by atomic mass is 10.1. The maximum atomic E-state index is 13.3. The third kappa shape index (κ3) is 2.60. The van der Waals surface area contributed by atoms with Gasteiger partial charge < -0.3 is 14.5 Å². The van der Waals surface area contributed by atoms with Crippen molar-refractivity contribution in [1.29, 1.82) is 0 Å². The Bertz CT molecular complexity index is 971. The summed E-state index contributed by atoms with van der Waals surface area (Å²) >= 11 is 0. The molecule has 3 heterocycles. The van der Waals surface area contributed by atoms with Gasteiger partial charge in [-0.3, -0.25) is 9.69 Å². The molecule has 3 amide bonds. The van der Waals surface area contributed by atoms with Crippen molar-refractivity contribution in [2.24, 2.45) is 4.99 Å². The summed E-state index contributed by atoms with van der Waals surface area (Å²) in [7, 11) is 2.82. The number of para-hydroxylation sites is 1. The van der Waals surface area contributed by atoms with Crippen LogP contribution in [0.4, 0.5) is 10.5 Å². The van der Waals surface area contributed by atoms with Crippen LogP contribution in [0.3, 0.4) is 0 Å². The van der Waals surface area contributed by atoms with Crippen LogP contribution in [0, 0.1) is 6.92 Å². The summed E-state index contributed by atoms with van der Waals surface area (Å²) in [5, 5.41) is 0. The second kappa shape index (κ2) is 6.61. The van der Waals surface area contributed by atoms with Crippen LogP contribution < -0.4 is 4.90 Å². The molecule has 3 aliphatic heterocycles. The number of esters is 1. The lowest BCUT2D eigenvalue weighted by molar-refractivity contribution is -0.153. The number of amides is 3. The number of urea groups is 1. The number of imide groups is 1. The first-order valence-electron chi connectivity index (χ1n) is 9.36. The first kappa shape index (κ1) is 19.0. The molecule has 9 nitrogen and oxygen atoms in total. The molecule has 152 valence electrons. The summed E-state index contributed by atoms with van der Waals surface area (Å²) in [6, 6.07) is 5.59. The molecule has 1 fully saturated rings. The maximum absolute atomic E-state index is 13.3. The van der Waals surface area contributed by atoms with Gasteiger partial charge in [0.1, 0.15) is 6.04 Å². The Balaban J connectivity index is 1.73. The second-order valence-electron chi connectivity index (χ2n) is 7.39. The van der Waals surface area contributed by atoms with Gasteiger partial charge in [0.15, 0.2) is 12.2 Å². The molecule has 0 spiro atoms. The normalized spacial score (nSPS) is 24.3. The number of benzene rings is 1. The van der Waals surface area contributed by atoms with Crippen molar-refractivity contribution in [3.8, 4) is 0 Å². The number of carbonyl (C=O) groups excluding carboxylic acids is 3.